The molecule has 2 unspecified atom stereocenters. The van der Waals surface area contributed by atoms with Crippen molar-refractivity contribution in [2.24, 2.45) is 0 Å². The number of rotatable bonds is 5. The minimum Gasteiger partial charge on any atom is -0.467 e. The molecule has 1 amide bonds. The van der Waals surface area contributed by atoms with E-state index in [1.807, 2.05) is 0 Å². The first-order valence-corrected chi connectivity index (χ1v) is 9.57. The molecule has 4 heterocycles. The number of nitrogens with zero attached hydrogens (tertiary/aromatic N) is 2. The highest BCUT2D eigenvalue weighted by Crippen LogP contribution is 2.43. The summed E-state index contributed by atoms with van der Waals surface area (Å²) in [7, 11) is 0. The lowest BCUT2D eigenvalue weighted by Gasteiger charge is -2.32. The summed E-state index contributed by atoms with van der Waals surface area (Å²) in [5.41, 5.74) is -0.0428. The molecule has 3 N–H and O–H groups in total. The fraction of sp³-hybridized carbons (Fsp3) is 0.556. The van der Waals surface area contributed by atoms with Crippen LogP contribution in [0.1, 0.15) is 34.8 Å². The van der Waals surface area contributed by atoms with Crippen molar-refractivity contribution in [1.29, 1.82) is 0 Å². The number of carbonyl (C=O) groups excluding carboxylic acids is 1. The fourth-order valence-electron chi connectivity index (χ4n) is 3.71. The maximum atomic E-state index is 13.6. The smallest absolute Gasteiger partial charge is 0.410 e. The summed E-state index contributed by atoms with van der Waals surface area (Å²) >= 11 is 0. The molecule has 0 spiro atoms. The predicted octanol–water partition coefficient (Wildman–Crippen LogP) is 0.781. The lowest BCUT2D eigenvalue weighted by molar-refractivity contribution is -0.906. The lowest BCUT2D eigenvalue weighted by Crippen LogP contribution is -3.14. The number of halogens is 3. The third-order valence-corrected chi connectivity index (χ3v) is 5.27. The van der Waals surface area contributed by atoms with Gasteiger partial charge in [0.15, 0.2) is 11.7 Å². The number of morpholine rings is 1. The molecule has 8 nitrogen and oxygen atoms in total. The Morgan fingerprint density at radius 1 is 1.38 bits per heavy atom. The molecule has 158 valence electrons. The summed E-state index contributed by atoms with van der Waals surface area (Å²) < 4.78 is 52.3. The quantitative estimate of drug-likeness (QED) is 0.674. The Balaban J connectivity index is 1.46. The molecule has 0 aromatic carbocycles. The number of amides is 1. The molecule has 2 aliphatic rings. The van der Waals surface area contributed by atoms with Crippen LogP contribution in [0.3, 0.4) is 0 Å². The second-order valence-electron chi connectivity index (χ2n) is 7.23. The number of fused-ring (bicyclic) bond motifs is 1. The van der Waals surface area contributed by atoms with E-state index in [9.17, 15) is 18.0 Å². The van der Waals surface area contributed by atoms with E-state index in [0.29, 0.717) is 25.5 Å². The van der Waals surface area contributed by atoms with E-state index in [2.05, 4.69) is 15.7 Å². The van der Waals surface area contributed by atoms with E-state index in [1.165, 1.54) is 17.2 Å². The number of quaternary nitrogens is 1. The molecule has 2 aromatic rings. The summed E-state index contributed by atoms with van der Waals surface area (Å²) in [6.07, 6.45) is -3.35. The standard InChI is InChI=1S/C18H22F3N5O3/c19-18(20,21)15-10-12(14-2-1-7-29-14)23-16-11-13(24-26(15)16)17(27)22-3-4-25-5-8-28-9-6-25/h1-2,7,11-12,15,23H,3-6,8-10H2,(H,22,27)/p+1. The molecule has 29 heavy (non-hydrogen) atoms. The van der Waals surface area contributed by atoms with Gasteiger partial charge in [0.2, 0.25) is 0 Å². The van der Waals surface area contributed by atoms with Gasteiger partial charge >= 0.3 is 6.18 Å². The molecule has 0 aliphatic carbocycles. The van der Waals surface area contributed by atoms with Crippen LogP contribution >= 0.6 is 0 Å². The van der Waals surface area contributed by atoms with Crippen LogP contribution in [0.2, 0.25) is 0 Å². The van der Waals surface area contributed by atoms with Crippen molar-refractivity contribution >= 4 is 11.7 Å². The molecule has 0 saturated carbocycles. The molecule has 1 fully saturated rings. The van der Waals surface area contributed by atoms with Gasteiger partial charge in [0, 0.05) is 12.5 Å². The first kappa shape index (κ1) is 19.8. The molecular formula is C18H23F3N5O3+. The van der Waals surface area contributed by atoms with Gasteiger partial charge in [-0.05, 0) is 12.1 Å². The highest BCUT2D eigenvalue weighted by Gasteiger charge is 2.47. The van der Waals surface area contributed by atoms with Gasteiger partial charge < -0.3 is 24.7 Å². The Hall–Kier alpha value is -2.53. The number of furan rings is 1. The van der Waals surface area contributed by atoms with Crippen LogP contribution in [0, 0.1) is 0 Å². The first-order valence-electron chi connectivity index (χ1n) is 9.57. The summed E-state index contributed by atoms with van der Waals surface area (Å²) in [6, 6.07) is 2.11. The molecule has 4 rings (SSSR count). The largest absolute Gasteiger partial charge is 0.467 e. The zero-order valence-electron chi connectivity index (χ0n) is 15.7. The van der Waals surface area contributed by atoms with Crippen LogP contribution in [-0.4, -0.2) is 61.3 Å². The number of nitrogens with one attached hydrogen (secondary N) is 3. The number of hydrogen-bond donors (Lipinski definition) is 3. The molecule has 1 saturated heterocycles. The van der Waals surface area contributed by atoms with E-state index < -0.39 is 24.2 Å². The molecular weight excluding hydrogens is 391 g/mol. The minimum atomic E-state index is -4.50. The maximum Gasteiger partial charge on any atom is 0.410 e. The minimum absolute atomic E-state index is 0.0428. The lowest BCUT2D eigenvalue weighted by atomic mass is 10.0. The normalized spacial score (nSPS) is 22.7. The summed E-state index contributed by atoms with van der Waals surface area (Å²) in [6.45, 7) is 4.28. The average molecular weight is 414 g/mol. The van der Waals surface area contributed by atoms with Crippen molar-refractivity contribution in [3.8, 4) is 0 Å². The van der Waals surface area contributed by atoms with E-state index >= 15 is 0 Å². The maximum absolute atomic E-state index is 13.6. The summed E-state index contributed by atoms with van der Waals surface area (Å²) in [4.78, 5) is 13.7. The molecule has 11 heteroatoms. The second-order valence-corrected chi connectivity index (χ2v) is 7.23. The van der Waals surface area contributed by atoms with Crippen molar-refractivity contribution < 1.29 is 32.0 Å². The second kappa shape index (κ2) is 8.07. The van der Waals surface area contributed by atoms with E-state index in [0.717, 1.165) is 24.3 Å². The van der Waals surface area contributed by atoms with Gasteiger partial charge in [0.1, 0.15) is 24.7 Å². The number of aromatic nitrogens is 2. The van der Waals surface area contributed by atoms with Crippen molar-refractivity contribution in [2.75, 3.05) is 44.7 Å². The molecule has 2 aliphatic heterocycles. The summed E-state index contributed by atoms with van der Waals surface area (Å²) in [5, 5.41) is 9.68. The number of alkyl halides is 3. The van der Waals surface area contributed by atoms with E-state index in [1.54, 1.807) is 12.1 Å². The number of ether oxygens (including phenoxy) is 1. The monoisotopic (exact) mass is 414 g/mol. The highest BCUT2D eigenvalue weighted by molar-refractivity contribution is 5.93. The highest BCUT2D eigenvalue weighted by atomic mass is 19.4. The van der Waals surface area contributed by atoms with Gasteiger partial charge in [-0.3, -0.25) is 4.79 Å². The Labute approximate surface area is 165 Å². The zero-order valence-corrected chi connectivity index (χ0v) is 15.7. The van der Waals surface area contributed by atoms with Gasteiger partial charge in [-0.2, -0.15) is 18.3 Å². The van der Waals surface area contributed by atoms with Crippen LogP contribution in [0.4, 0.5) is 19.0 Å². The average Bonchev–Trinajstić information content (AvgIpc) is 3.37. The molecule has 0 radical (unpaired) electrons. The Bertz CT molecular complexity index is 830. The van der Waals surface area contributed by atoms with Crippen LogP contribution in [0.5, 0.6) is 0 Å². The van der Waals surface area contributed by atoms with Crippen LogP contribution < -0.4 is 15.5 Å². The fourth-order valence-corrected chi connectivity index (χ4v) is 3.71. The first-order chi connectivity index (χ1) is 13.9. The Kier molecular flexibility index (Phi) is 5.50. The van der Waals surface area contributed by atoms with Crippen LogP contribution in [0.25, 0.3) is 0 Å². The van der Waals surface area contributed by atoms with Crippen molar-refractivity contribution in [3.05, 3.63) is 35.9 Å². The van der Waals surface area contributed by atoms with Crippen molar-refractivity contribution in [3.63, 3.8) is 0 Å². The van der Waals surface area contributed by atoms with E-state index in [-0.39, 0.29) is 17.9 Å². The zero-order chi connectivity index (χ0) is 20.4. The van der Waals surface area contributed by atoms with Gasteiger partial charge in [-0.15, -0.1) is 0 Å². The third-order valence-electron chi connectivity index (χ3n) is 5.27. The topological polar surface area (TPSA) is 85.8 Å². The number of hydrogen-bond acceptors (Lipinski definition) is 5. The van der Waals surface area contributed by atoms with Gasteiger partial charge in [0.25, 0.3) is 5.91 Å². The summed E-state index contributed by atoms with van der Waals surface area (Å²) in [5.74, 6) is 0.0620. The van der Waals surface area contributed by atoms with Crippen LogP contribution in [0.15, 0.2) is 28.9 Å². The predicted molar refractivity (Wildman–Crippen MR) is 95.7 cm³/mol. The SMILES string of the molecule is O=C(NCC[NH+]1CCOCC1)c1cc2n(n1)C(C(F)(F)F)CC(c1ccco1)N2. The Morgan fingerprint density at radius 3 is 2.86 bits per heavy atom. The van der Waals surface area contributed by atoms with Crippen LogP contribution in [-0.2, 0) is 4.74 Å². The van der Waals surface area contributed by atoms with Gasteiger partial charge in [-0.25, -0.2) is 4.68 Å². The third kappa shape index (κ3) is 4.40. The molecule has 2 aromatic heterocycles. The van der Waals surface area contributed by atoms with Crippen molar-refractivity contribution in [1.82, 2.24) is 15.1 Å². The van der Waals surface area contributed by atoms with Crippen molar-refractivity contribution in [2.45, 2.75) is 24.7 Å². The van der Waals surface area contributed by atoms with Gasteiger partial charge in [0.05, 0.1) is 38.6 Å². The molecule has 0 bridgehead atoms. The molecule has 2 atom stereocenters. The number of carbonyl (C=O) groups is 1. The Morgan fingerprint density at radius 2 is 2.17 bits per heavy atom. The van der Waals surface area contributed by atoms with E-state index in [4.69, 9.17) is 9.15 Å². The number of anilines is 1. The van der Waals surface area contributed by atoms with Gasteiger partial charge in [-0.1, -0.05) is 0 Å².